The Hall–Kier alpha value is -2.42. The molecule has 0 aliphatic heterocycles. The van der Waals surface area contributed by atoms with Gasteiger partial charge in [0.15, 0.2) is 0 Å². The van der Waals surface area contributed by atoms with Gasteiger partial charge in [0.1, 0.15) is 12.4 Å². The molecule has 0 aromatic heterocycles. The van der Waals surface area contributed by atoms with Gasteiger partial charge in [-0.15, -0.1) is 0 Å². The maximum Gasteiger partial charge on any atom is 0.338 e. The number of hydrogen-bond donors (Lipinski definition) is 0. The first kappa shape index (κ1) is 12.6. The number of carbonyl (C=O) groups excluding carboxylic acids is 1. The van der Waals surface area contributed by atoms with Crippen molar-refractivity contribution in [3.63, 3.8) is 0 Å². The molecule has 100 valence electrons. The summed E-state index contributed by atoms with van der Waals surface area (Å²) in [5.41, 5.74) is 3.46. The number of halogens is 1. The number of hydrogen-bond acceptors (Lipinski definition) is 2. The summed E-state index contributed by atoms with van der Waals surface area (Å²) in [6.07, 6.45) is 2.65. The van der Waals surface area contributed by atoms with E-state index in [1.165, 1.54) is 12.1 Å². The van der Waals surface area contributed by atoms with Crippen molar-refractivity contribution in [1.29, 1.82) is 0 Å². The molecule has 0 bridgehead atoms. The van der Waals surface area contributed by atoms with Crippen LogP contribution in [0.2, 0.25) is 0 Å². The minimum Gasteiger partial charge on any atom is -0.457 e. The third kappa shape index (κ3) is 2.48. The average Bonchev–Trinajstić information content (AvgIpc) is 2.90. The van der Waals surface area contributed by atoms with Gasteiger partial charge in [0.05, 0.1) is 5.57 Å². The number of allylic oxidation sites excluding steroid dienone is 1. The molecule has 2 aromatic rings. The topological polar surface area (TPSA) is 26.3 Å². The summed E-state index contributed by atoms with van der Waals surface area (Å²) < 4.78 is 18.1. The van der Waals surface area contributed by atoms with Crippen molar-refractivity contribution in [3.8, 4) is 0 Å². The van der Waals surface area contributed by atoms with Crippen LogP contribution in [0.25, 0.3) is 5.57 Å². The highest BCUT2D eigenvalue weighted by Gasteiger charge is 2.20. The first-order valence-electron chi connectivity index (χ1n) is 6.44. The van der Waals surface area contributed by atoms with E-state index in [0.717, 1.165) is 23.1 Å². The van der Waals surface area contributed by atoms with Crippen molar-refractivity contribution in [2.75, 3.05) is 0 Å². The number of rotatable bonds is 3. The predicted molar refractivity (Wildman–Crippen MR) is 74.3 cm³/mol. The molecule has 2 nitrogen and oxygen atoms in total. The summed E-state index contributed by atoms with van der Waals surface area (Å²) in [6, 6.07) is 13.7. The Morgan fingerprint density at radius 1 is 1.10 bits per heavy atom. The van der Waals surface area contributed by atoms with Crippen LogP contribution in [0.3, 0.4) is 0 Å². The summed E-state index contributed by atoms with van der Waals surface area (Å²) in [4.78, 5) is 12.1. The van der Waals surface area contributed by atoms with Gasteiger partial charge in [0, 0.05) is 0 Å². The minimum absolute atomic E-state index is 0.151. The summed E-state index contributed by atoms with van der Waals surface area (Å²) in [7, 11) is 0. The van der Waals surface area contributed by atoms with Gasteiger partial charge < -0.3 is 4.74 Å². The average molecular weight is 268 g/mol. The molecule has 3 heteroatoms. The number of esters is 1. The van der Waals surface area contributed by atoms with Gasteiger partial charge >= 0.3 is 5.97 Å². The zero-order valence-electron chi connectivity index (χ0n) is 10.8. The first-order valence-corrected chi connectivity index (χ1v) is 6.44. The molecule has 1 aliphatic rings. The van der Waals surface area contributed by atoms with Crippen molar-refractivity contribution in [2.24, 2.45) is 0 Å². The van der Waals surface area contributed by atoms with E-state index in [4.69, 9.17) is 4.74 Å². The lowest BCUT2D eigenvalue weighted by atomic mass is 10.1. The van der Waals surface area contributed by atoms with Gasteiger partial charge in [-0.1, -0.05) is 42.5 Å². The van der Waals surface area contributed by atoms with Crippen LogP contribution < -0.4 is 0 Å². The number of benzene rings is 2. The molecule has 0 atom stereocenters. The minimum atomic E-state index is -0.334. The fourth-order valence-electron chi connectivity index (χ4n) is 2.28. The zero-order valence-corrected chi connectivity index (χ0v) is 10.8. The van der Waals surface area contributed by atoms with Crippen LogP contribution in [0, 0.1) is 5.82 Å². The van der Waals surface area contributed by atoms with Gasteiger partial charge in [0.2, 0.25) is 0 Å². The molecule has 0 amide bonds. The maximum atomic E-state index is 12.8. The molecular formula is C17H13FO2. The SMILES string of the molecule is O=C(OCc1ccc(F)cc1)C1=CCc2ccccc21. The molecule has 0 fully saturated rings. The second-order valence-electron chi connectivity index (χ2n) is 4.68. The summed E-state index contributed by atoms with van der Waals surface area (Å²) in [6.45, 7) is 0.151. The van der Waals surface area contributed by atoms with Crippen LogP contribution in [0.5, 0.6) is 0 Å². The van der Waals surface area contributed by atoms with Gasteiger partial charge in [-0.3, -0.25) is 0 Å². The van der Waals surface area contributed by atoms with Crippen LogP contribution in [0.4, 0.5) is 4.39 Å². The second kappa shape index (κ2) is 5.29. The Morgan fingerprint density at radius 3 is 2.65 bits per heavy atom. The maximum absolute atomic E-state index is 12.8. The third-order valence-corrected chi connectivity index (χ3v) is 3.34. The molecule has 0 saturated heterocycles. The van der Waals surface area contributed by atoms with E-state index in [1.807, 2.05) is 30.3 Å². The van der Waals surface area contributed by atoms with E-state index in [-0.39, 0.29) is 18.4 Å². The number of fused-ring (bicyclic) bond motifs is 1. The Morgan fingerprint density at radius 2 is 1.85 bits per heavy atom. The van der Waals surface area contributed by atoms with Crippen LogP contribution in [0.1, 0.15) is 16.7 Å². The van der Waals surface area contributed by atoms with Gasteiger partial charge in [-0.25, -0.2) is 9.18 Å². The fourth-order valence-corrected chi connectivity index (χ4v) is 2.28. The van der Waals surface area contributed by atoms with Crippen molar-refractivity contribution < 1.29 is 13.9 Å². The number of ether oxygens (including phenoxy) is 1. The van der Waals surface area contributed by atoms with Crippen LogP contribution >= 0.6 is 0 Å². The van der Waals surface area contributed by atoms with E-state index in [2.05, 4.69) is 0 Å². The normalized spacial score (nSPS) is 12.8. The van der Waals surface area contributed by atoms with Crippen molar-refractivity contribution in [3.05, 3.63) is 77.1 Å². The lowest BCUT2D eigenvalue weighted by Crippen LogP contribution is -2.06. The number of carbonyl (C=O) groups is 1. The molecule has 2 aromatic carbocycles. The molecule has 0 spiro atoms. The fraction of sp³-hybridized carbons (Fsp3) is 0.118. The van der Waals surface area contributed by atoms with Crippen molar-refractivity contribution in [2.45, 2.75) is 13.0 Å². The first-order chi connectivity index (χ1) is 9.74. The smallest absolute Gasteiger partial charge is 0.338 e. The molecule has 0 unspecified atom stereocenters. The molecule has 1 aliphatic carbocycles. The van der Waals surface area contributed by atoms with Gasteiger partial charge in [-0.2, -0.15) is 0 Å². The van der Waals surface area contributed by atoms with Crippen molar-refractivity contribution in [1.82, 2.24) is 0 Å². The summed E-state index contributed by atoms with van der Waals surface area (Å²) in [5, 5.41) is 0. The highest BCUT2D eigenvalue weighted by Crippen LogP contribution is 2.28. The second-order valence-corrected chi connectivity index (χ2v) is 4.68. The monoisotopic (exact) mass is 268 g/mol. The van der Waals surface area contributed by atoms with Gasteiger partial charge in [-0.05, 0) is 35.2 Å². The largest absolute Gasteiger partial charge is 0.457 e. The highest BCUT2D eigenvalue weighted by atomic mass is 19.1. The molecule has 20 heavy (non-hydrogen) atoms. The van der Waals surface area contributed by atoms with Crippen LogP contribution in [0.15, 0.2) is 54.6 Å². The lowest BCUT2D eigenvalue weighted by molar-refractivity contribution is -0.137. The van der Waals surface area contributed by atoms with E-state index >= 15 is 0 Å². The highest BCUT2D eigenvalue weighted by molar-refractivity contribution is 6.18. The van der Waals surface area contributed by atoms with E-state index in [1.54, 1.807) is 12.1 Å². The molecule has 0 radical (unpaired) electrons. The Kier molecular flexibility index (Phi) is 3.33. The van der Waals surface area contributed by atoms with Crippen LogP contribution in [-0.4, -0.2) is 5.97 Å². The standard InChI is InChI=1S/C17H13FO2/c18-14-8-5-12(6-9-14)11-20-17(19)16-10-7-13-3-1-2-4-15(13)16/h1-6,8-10H,7,11H2. The lowest BCUT2D eigenvalue weighted by Gasteiger charge is -2.07. The quantitative estimate of drug-likeness (QED) is 0.796. The summed E-state index contributed by atoms with van der Waals surface area (Å²) in [5.74, 6) is -0.633. The Labute approximate surface area is 116 Å². The zero-order chi connectivity index (χ0) is 13.9. The summed E-state index contributed by atoms with van der Waals surface area (Å²) >= 11 is 0. The molecular weight excluding hydrogens is 255 g/mol. The molecule has 0 saturated carbocycles. The van der Waals surface area contributed by atoms with E-state index in [0.29, 0.717) is 5.57 Å². The molecule has 0 heterocycles. The van der Waals surface area contributed by atoms with E-state index in [9.17, 15) is 9.18 Å². The van der Waals surface area contributed by atoms with Gasteiger partial charge in [0.25, 0.3) is 0 Å². The molecule has 3 rings (SSSR count). The Balaban J connectivity index is 1.68. The Bertz CT molecular complexity index is 672. The molecule has 0 N–H and O–H groups in total. The van der Waals surface area contributed by atoms with Crippen LogP contribution in [-0.2, 0) is 22.6 Å². The predicted octanol–water partition coefficient (Wildman–Crippen LogP) is 3.51. The van der Waals surface area contributed by atoms with E-state index < -0.39 is 0 Å². The van der Waals surface area contributed by atoms with Crippen molar-refractivity contribution >= 4 is 11.5 Å². The third-order valence-electron chi connectivity index (χ3n) is 3.34.